The first kappa shape index (κ1) is 15.4. The van der Waals surface area contributed by atoms with Crippen LogP contribution in [0.3, 0.4) is 0 Å². The van der Waals surface area contributed by atoms with Gasteiger partial charge < -0.3 is 5.73 Å². The summed E-state index contributed by atoms with van der Waals surface area (Å²) in [5.41, 5.74) is 5.76. The summed E-state index contributed by atoms with van der Waals surface area (Å²) in [6.45, 7) is 10.7. The van der Waals surface area contributed by atoms with Crippen molar-refractivity contribution in [2.75, 3.05) is 0 Å². The van der Waals surface area contributed by atoms with E-state index in [0.29, 0.717) is 5.92 Å². The molecule has 20 heavy (non-hydrogen) atoms. The lowest BCUT2D eigenvalue weighted by molar-refractivity contribution is 0.520. The molecule has 0 aliphatic rings. The van der Waals surface area contributed by atoms with Gasteiger partial charge in [-0.15, -0.1) is 10.2 Å². The minimum atomic E-state index is -0.0387. The second-order valence-corrected chi connectivity index (χ2v) is 7.71. The monoisotopic (exact) mass is 295 g/mol. The summed E-state index contributed by atoms with van der Waals surface area (Å²) in [6, 6.07) is 0.285. The van der Waals surface area contributed by atoms with E-state index in [2.05, 4.69) is 44.8 Å². The Bertz CT molecular complexity index is 564. The van der Waals surface area contributed by atoms with Gasteiger partial charge in [0.2, 0.25) is 4.96 Å². The fourth-order valence-corrected chi connectivity index (χ4v) is 3.09. The van der Waals surface area contributed by atoms with Crippen molar-refractivity contribution in [3.63, 3.8) is 0 Å². The first-order chi connectivity index (χ1) is 9.29. The highest BCUT2D eigenvalue weighted by molar-refractivity contribution is 7.16. The molecule has 2 aromatic heterocycles. The predicted octanol–water partition coefficient (Wildman–Crippen LogP) is 3.10. The molecule has 2 atom stereocenters. The summed E-state index contributed by atoms with van der Waals surface area (Å²) in [4.78, 5) is 0.893. The summed E-state index contributed by atoms with van der Waals surface area (Å²) in [6.07, 6.45) is 3.34. The van der Waals surface area contributed by atoms with Crippen LogP contribution in [0.4, 0.5) is 0 Å². The minimum absolute atomic E-state index is 0.0387. The van der Waals surface area contributed by atoms with Crippen LogP contribution in [0.25, 0.3) is 4.96 Å². The molecule has 0 saturated heterocycles. The first-order valence-electron chi connectivity index (χ1n) is 7.27. The van der Waals surface area contributed by atoms with E-state index >= 15 is 0 Å². The first-order valence-corrected chi connectivity index (χ1v) is 8.09. The maximum atomic E-state index is 5.79. The average molecular weight is 295 g/mol. The Labute approximate surface area is 124 Å². The largest absolute Gasteiger partial charge is 0.328 e. The Kier molecular flexibility index (Phi) is 4.44. The number of nitrogens with zero attached hydrogens (tertiary/aromatic N) is 4. The summed E-state index contributed by atoms with van der Waals surface area (Å²) >= 11 is 1.65. The van der Waals surface area contributed by atoms with Gasteiger partial charge in [0.05, 0.1) is 0 Å². The summed E-state index contributed by atoms with van der Waals surface area (Å²) in [5.74, 6) is 1.38. The molecule has 0 bridgehead atoms. The molecule has 2 N–H and O–H groups in total. The lowest BCUT2D eigenvalue weighted by Crippen LogP contribution is -2.16. The summed E-state index contributed by atoms with van der Waals surface area (Å²) < 4.78 is 1.90. The maximum absolute atomic E-state index is 5.79. The predicted molar refractivity (Wildman–Crippen MR) is 83.3 cm³/mol. The number of nitrogens with two attached hydrogens (primary N) is 1. The minimum Gasteiger partial charge on any atom is -0.328 e. The smallest absolute Gasteiger partial charge is 0.234 e. The fourth-order valence-electron chi connectivity index (χ4n) is 2.17. The average Bonchev–Trinajstić information content (AvgIpc) is 2.84. The van der Waals surface area contributed by atoms with Crippen LogP contribution in [0.15, 0.2) is 0 Å². The topological polar surface area (TPSA) is 69.1 Å². The zero-order valence-electron chi connectivity index (χ0n) is 13.1. The third kappa shape index (κ3) is 3.35. The third-order valence-electron chi connectivity index (χ3n) is 3.40. The number of fused-ring (bicyclic) bond motifs is 1. The van der Waals surface area contributed by atoms with Crippen LogP contribution in [-0.4, -0.2) is 25.9 Å². The highest BCUT2D eigenvalue weighted by Crippen LogP contribution is 2.28. The van der Waals surface area contributed by atoms with E-state index in [9.17, 15) is 0 Å². The van der Waals surface area contributed by atoms with Crippen LogP contribution in [0, 0.1) is 0 Å². The lowest BCUT2D eigenvalue weighted by atomic mass is 9.96. The Balaban J connectivity index is 2.13. The second-order valence-electron chi connectivity index (χ2n) is 6.72. The molecule has 0 amide bonds. The highest BCUT2D eigenvalue weighted by atomic mass is 32.1. The van der Waals surface area contributed by atoms with Crippen molar-refractivity contribution in [2.24, 2.45) is 5.73 Å². The van der Waals surface area contributed by atoms with E-state index in [1.807, 2.05) is 4.52 Å². The molecule has 2 heterocycles. The van der Waals surface area contributed by atoms with Crippen molar-refractivity contribution < 1.29 is 0 Å². The standard InChI is InChI=1S/C14H25N5S/c1-9(7-6-8-10(2)15)11-18-19-12(14(3,4)5)16-17-13(19)20-11/h9-10H,6-8,15H2,1-5H3. The van der Waals surface area contributed by atoms with Gasteiger partial charge in [0.25, 0.3) is 0 Å². The second kappa shape index (κ2) is 5.77. The van der Waals surface area contributed by atoms with Crippen LogP contribution in [-0.2, 0) is 5.41 Å². The van der Waals surface area contributed by atoms with Gasteiger partial charge in [0, 0.05) is 17.4 Å². The van der Waals surface area contributed by atoms with Crippen LogP contribution >= 0.6 is 11.3 Å². The molecule has 2 aromatic rings. The van der Waals surface area contributed by atoms with Crippen LogP contribution in [0.1, 0.15) is 70.6 Å². The normalized spacial score (nSPS) is 15.7. The molecule has 0 aromatic carbocycles. The van der Waals surface area contributed by atoms with Gasteiger partial charge in [0.15, 0.2) is 5.82 Å². The van der Waals surface area contributed by atoms with Crippen molar-refractivity contribution in [2.45, 2.75) is 71.3 Å². The van der Waals surface area contributed by atoms with Crippen molar-refractivity contribution in [1.82, 2.24) is 19.8 Å². The van der Waals surface area contributed by atoms with E-state index in [1.165, 1.54) is 0 Å². The van der Waals surface area contributed by atoms with E-state index in [4.69, 9.17) is 10.8 Å². The van der Waals surface area contributed by atoms with Crippen molar-refractivity contribution in [3.8, 4) is 0 Å². The van der Waals surface area contributed by atoms with Gasteiger partial charge in [-0.25, -0.2) is 0 Å². The van der Waals surface area contributed by atoms with Crippen LogP contribution in [0.2, 0.25) is 0 Å². The molecule has 112 valence electrons. The van der Waals surface area contributed by atoms with Gasteiger partial charge in [-0.1, -0.05) is 45.5 Å². The van der Waals surface area contributed by atoms with Gasteiger partial charge in [-0.2, -0.15) is 9.61 Å². The molecule has 0 spiro atoms. The van der Waals surface area contributed by atoms with E-state index < -0.39 is 0 Å². The lowest BCUT2D eigenvalue weighted by Gasteiger charge is -2.14. The highest BCUT2D eigenvalue weighted by Gasteiger charge is 2.24. The number of rotatable bonds is 5. The Morgan fingerprint density at radius 1 is 1.20 bits per heavy atom. The molecule has 0 aliphatic carbocycles. The number of hydrogen-bond donors (Lipinski definition) is 1. The van der Waals surface area contributed by atoms with Gasteiger partial charge >= 0.3 is 0 Å². The molecular weight excluding hydrogens is 270 g/mol. The zero-order chi connectivity index (χ0) is 14.9. The Hall–Kier alpha value is -1.01. The Morgan fingerprint density at radius 2 is 1.90 bits per heavy atom. The molecule has 5 nitrogen and oxygen atoms in total. The Morgan fingerprint density at radius 3 is 2.50 bits per heavy atom. The molecule has 0 saturated carbocycles. The van der Waals surface area contributed by atoms with Crippen molar-refractivity contribution in [3.05, 3.63) is 10.8 Å². The van der Waals surface area contributed by atoms with Gasteiger partial charge in [-0.3, -0.25) is 0 Å². The fraction of sp³-hybridized carbons (Fsp3) is 0.786. The maximum Gasteiger partial charge on any atom is 0.234 e. The quantitative estimate of drug-likeness (QED) is 0.920. The SMILES string of the molecule is CC(N)CCCC(C)c1nn2c(C(C)(C)C)nnc2s1. The molecule has 0 fully saturated rings. The van der Waals surface area contributed by atoms with Crippen LogP contribution in [0.5, 0.6) is 0 Å². The van der Waals surface area contributed by atoms with Gasteiger partial charge in [-0.05, 0) is 19.8 Å². The van der Waals surface area contributed by atoms with Crippen molar-refractivity contribution in [1.29, 1.82) is 0 Å². The zero-order valence-corrected chi connectivity index (χ0v) is 13.9. The molecular formula is C14H25N5S. The number of hydrogen-bond acceptors (Lipinski definition) is 5. The van der Waals surface area contributed by atoms with E-state index in [1.54, 1.807) is 11.3 Å². The summed E-state index contributed by atoms with van der Waals surface area (Å²) in [5, 5.41) is 14.4. The van der Waals surface area contributed by atoms with Crippen molar-refractivity contribution >= 4 is 16.3 Å². The molecule has 0 aliphatic heterocycles. The molecule has 2 unspecified atom stereocenters. The van der Waals surface area contributed by atoms with E-state index in [-0.39, 0.29) is 11.5 Å². The van der Waals surface area contributed by atoms with E-state index in [0.717, 1.165) is 35.1 Å². The summed E-state index contributed by atoms with van der Waals surface area (Å²) in [7, 11) is 0. The molecule has 6 heteroatoms. The van der Waals surface area contributed by atoms with Crippen LogP contribution < -0.4 is 5.73 Å². The third-order valence-corrected chi connectivity index (χ3v) is 4.53. The molecule has 0 radical (unpaired) electrons. The number of aromatic nitrogens is 4. The molecule has 2 rings (SSSR count). The van der Waals surface area contributed by atoms with Gasteiger partial charge in [0.1, 0.15) is 5.01 Å².